The Labute approximate surface area is 153 Å². The third-order valence-corrected chi connectivity index (χ3v) is 5.05. The van der Waals surface area contributed by atoms with Crippen molar-refractivity contribution < 1.29 is 19.1 Å². The third-order valence-electron chi connectivity index (χ3n) is 5.05. The average molecular weight is 356 g/mol. The molecule has 0 atom stereocenters. The van der Waals surface area contributed by atoms with Gasteiger partial charge in [0, 0.05) is 6.42 Å². The van der Waals surface area contributed by atoms with Gasteiger partial charge >= 0.3 is 11.9 Å². The third kappa shape index (κ3) is 11.2. The predicted octanol–water partition coefficient (Wildman–Crippen LogP) is 3.95. The highest BCUT2D eigenvalue weighted by molar-refractivity contribution is 5.72. The zero-order valence-electron chi connectivity index (χ0n) is 16.3. The van der Waals surface area contributed by atoms with Gasteiger partial charge < -0.3 is 14.4 Å². The van der Waals surface area contributed by atoms with Crippen LogP contribution in [-0.2, 0) is 19.1 Å². The van der Waals surface area contributed by atoms with Gasteiger partial charge in [-0.3, -0.25) is 9.59 Å². The maximum atomic E-state index is 12.0. The number of unbranched alkanes of at least 4 members (excludes halogenated alkanes) is 8. The molecule has 1 aliphatic heterocycles. The van der Waals surface area contributed by atoms with E-state index < -0.39 is 0 Å². The monoisotopic (exact) mass is 355 g/mol. The van der Waals surface area contributed by atoms with Gasteiger partial charge in [0.05, 0.1) is 19.6 Å². The molecule has 1 fully saturated rings. The van der Waals surface area contributed by atoms with Crippen molar-refractivity contribution in [2.45, 2.75) is 77.0 Å². The number of piperidine rings is 1. The maximum absolute atomic E-state index is 12.0. The SMILES string of the molecule is COC(=O)CCCCCCCCCCCOC(=O)C1CCN(C)CC1. The Bertz CT molecular complexity index is 365. The van der Waals surface area contributed by atoms with Gasteiger partial charge in [-0.05, 0) is 45.8 Å². The van der Waals surface area contributed by atoms with Crippen molar-refractivity contribution in [1.82, 2.24) is 4.90 Å². The van der Waals surface area contributed by atoms with Crippen molar-refractivity contribution >= 4 is 11.9 Å². The van der Waals surface area contributed by atoms with Crippen molar-refractivity contribution in [3.63, 3.8) is 0 Å². The Balaban J connectivity index is 1.81. The van der Waals surface area contributed by atoms with E-state index in [1.165, 1.54) is 39.2 Å². The first-order chi connectivity index (χ1) is 12.1. The molecule has 0 unspecified atom stereocenters. The molecular weight excluding hydrogens is 318 g/mol. The van der Waals surface area contributed by atoms with Crippen LogP contribution in [0.3, 0.4) is 0 Å². The molecule has 1 saturated heterocycles. The molecule has 0 N–H and O–H groups in total. The summed E-state index contributed by atoms with van der Waals surface area (Å²) < 4.78 is 10.0. The van der Waals surface area contributed by atoms with E-state index in [1.807, 2.05) is 0 Å². The Kier molecular flexibility index (Phi) is 12.4. The second-order valence-corrected chi connectivity index (χ2v) is 7.25. The number of nitrogens with zero attached hydrogens (tertiary/aromatic N) is 1. The molecule has 0 spiro atoms. The Hall–Kier alpha value is -1.10. The smallest absolute Gasteiger partial charge is 0.309 e. The first-order valence-corrected chi connectivity index (χ1v) is 10.1. The molecule has 0 radical (unpaired) electrons. The topological polar surface area (TPSA) is 55.8 Å². The number of carbonyl (C=O) groups is 2. The number of likely N-dealkylation sites (tertiary alicyclic amines) is 1. The fourth-order valence-electron chi connectivity index (χ4n) is 3.25. The molecule has 0 aromatic carbocycles. The van der Waals surface area contributed by atoms with E-state index in [9.17, 15) is 9.59 Å². The summed E-state index contributed by atoms with van der Waals surface area (Å²) in [6.07, 6.45) is 12.8. The Morgan fingerprint density at radius 2 is 1.40 bits per heavy atom. The van der Waals surface area contributed by atoms with E-state index in [-0.39, 0.29) is 17.9 Å². The molecular formula is C20H37NO4. The van der Waals surface area contributed by atoms with Crippen molar-refractivity contribution in [2.75, 3.05) is 33.9 Å². The van der Waals surface area contributed by atoms with Gasteiger partial charge in [-0.1, -0.05) is 44.9 Å². The predicted molar refractivity (Wildman–Crippen MR) is 99.4 cm³/mol. The molecule has 0 saturated carbocycles. The standard InChI is InChI=1S/C20H37NO4/c1-21-15-13-18(14-16-21)20(23)25-17-11-9-7-5-3-4-6-8-10-12-19(22)24-2/h18H,3-17H2,1-2H3. The lowest BCUT2D eigenvalue weighted by Crippen LogP contribution is -2.34. The first kappa shape index (κ1) is 21.9. The zero-order valence-corrected chi connectivity index (χ0v) is 16.3. The molecule has 146 valence electrons. The molecule has 0 aromatic heterocycles. The summed E-state index contributed by atoms with van der Waals surface area (Å²) in [5, 5.41) is 0. The van der Waals surface area contributed by atoms with Crippen LogP contribution in [0.15, 0.2) is 0 Å². The van der Waals surface area contributed by atoms with Gasteiger partial charge in [0.1, 0.15) is 0 Å². The minimum absolute atomic E-state index is 0.0139. The minimum Gasteiger partial charge on any atom is -0.469 e. The number of rotatable bonds is 13. The Morgan fingerprint density at radius 3 is 1.96 bits per heavy atom. The fraction of sp³-hybridized carbons (Fsp3) is 0.900. The number of hydrogen-bond donors (Lipinski definition) is 0. The van der Waals surface area contributed by atoms with Crippen molar-refractivity contribution in [1.29, 1.82) is 0 Å². The summed E-state index contributed by atoms with van der Waals surface area (Å²) >= 11 is 0. The summed E-state index contributed by atoms with van der Waals surface area (Å²) in [4.78, 5) is 25.2. The largest absolute Gasteiger partial charge is 0.469 e. The highest BCUT2D eigenvalue weighted by Gasteiger charge is 2.24. The lowest BCUT2D eigenvalue weighted by molar-refractivity contribution is -0.150. The second-order valence-electron chi connectivity index (χ2n) is 7.25. The maximum Gasteiger partial charge on any atom is 0.309 e. The van der Waals surface area contributed by atoms with Crippen LogP contribution < -0.4 is 0 Å². The summed E-state index contributed by atoms with van der Waals surface area (Å²) in [6, 6.07) is 0. The first-order valence-electron chi connectivity index (χ1n) is 10.1. The summed E-state index contributed by atoms with van der Waals surface area (Å²) in [5.74, 6) is 0.0342. The van der Waals surface area contributed by atoms with Gasteiger partial charge in [-0.2, -0.15) is 0 Å². The zero-order chi connectivity index (χ0) is 18.3. The number of methoxy groups -OCH3 is 1. The van der Waals surface area contributed by atoms with Crippen LogP contribution in [0, 0.1) is 5.92 Å². The highest BCUT2D eigenvalue weighted by atomic mass is 16.5. The van der Waals surface area contributed by atoms with Gasteiger partial charge in [0.25, 0.3) is 0 Å². The minimum atomic E-state index is -0.100. The van der Waals surface area contributed by atoms with Crippen molar-refractivity contribution in [3.8, 4) is 0 Å². The van der Waals surface area contributed by atoms with Gasteiger partial charge in [-0.25, -0.2) is 0 Å². The number of esters is 2. The van der Waals surface area contributed by atoms with Crippen LogP contribution in [0.2, 0.25) is 0 Å². The van der Waals surface area contributed by atoms with Gasteiger partial charge in [0.2, 0.25) is 0 Å². The number of carbonyl (C=O) groups excluding carboxylic acids is 2. The molecule has 1 aliphatic rings. The molecule has 0 amide bonds. The van der Waals surface area contributed by atoms with Crippen LogP contribution in [0.1, 0.15) is 77.0 Å². The summed E-state index contributed by atoms with van der Waals surface area (Å²) in [6.45, 7) is 2.59. The van der Waals surface area contributed by atoms with E-state index in [4.69, 9.17) is 4.74 Å². The molecule has 0 bridgehead atoms. The fourth-order valence-corrected chi connectivity index (χ4v) is 3.25. The van der Waals surface area contributed by atoms with Crippen molar-refractivity contribution in [3.05, 3.63) is 0 Å². The van der Waals surface area contributed by atoms with Crippen LogP contribution in [0.5, 0.6) is 0 Å². The molecule has 5 heteroatoms. The summed E-state index contributed by atoms with van der Waals surface area (Å²) in [5.41, 5.74) is 0. The Morgan fingerprint density at radius 1 is 0.880 bits per heavy atom. The average Bonchev–Trinajstić information content (AvgIpc) is 2.62. The molecule has 5 nitrogen and oxygen atoms in total. The lowest BCUT2D eigenvalue weighted by Gasteiger charge is -2.27. The normalized spacial score (nSPS) is 15.9. The van der Waals surface area contributed by atoms with Crippen LogP contribution in [0.25, 0.3) is 0 Å². The van der Waals surface area contributed by atoms with Crippen LogP contribution in [0.4, 0.5) is 0 Å². The van der Waals surface area contributed by atoms with E-state index in [1.54, 1.807) is 0 Å². The van der Waals surface area contributed by atoms with E-state index in [0.717, 1.165) is 51.6 Å². The van der Waals surface area contributed by atoms with Gasteiger partial charge in [0.15, 0.2) is 0 Å². The van der Waals surface area contributed by atoms with E-state index >= 15 is 0 Å². The second kappa shape index (κ2) is 14.1. The van der Waals surface area contributed by atoms with Crippen molar-refractivity contribution in [2.24, 2.45) is 5.92 Å². The summed E-state index contributed by atoms with van der Waals surface area (Å²) in [7, 11) is 3.54. The number of ether oxygens (including phenoxy) is 2. The molecule has 25 heavy (non-hydrogen) atoms. The molecule has 1 heterocycles. The molecule has 0 aromatic rings. The number of hydrogen-bond acceptors (Lipinski definition) is 5. The molecule has 1 rings (SSSR count). The van der Waals surface area contributed by atoms with Crippen LogP contribution in [-0.4, -0.2) is 50.7 Å². The van der Waals surface area contributed by atoms with Gasteiger partial charge in [-0.15, -0.1) is 0 Å². The van der Waals surface area contributed by atoms with E-state index in [2.05, 4.69) is 16.7 Å². The molecule has 0 aliphatic carbocycles. The lowest BCUT2D eigenvalue weighted by atomic mass is 9.97. The highest BCUT2D eigenvalue weighted by Crippen LogP contribution is 2.17. The van der Waals surface area contributed by atoms with Crippen LogP contribution >= 0.6 is 0 Å². The van der Waals surface area contributed by atoms with E-state index in [0.29, 0.717) is 13.0 Å². The quantitative estimate of drug-likeness (QED) is 0.370.